The Hall–Kier alpha value is -1.59. The average molecular weight is 272 g/mol. The number of carbonyl (C=O) groups is 1. The second kappa shape index (κ2) is 5.16. The third-order valence-corrected chi connectivity index (χ3v) is 2.69. The maximum atomic E-state index is 11.6. The third-order valence-electron chi connectivity index (χ3n) is 2.04. The molecule has 2 aromatic heterocycles. The molecule has 7 heteroatoms. The van der Waals surface area contributed by atoms with Gasteiger partial charge in [-0.1, -0.05) is 23.2 Å². The predicted octanol–water partition coefficient (Wildman–Crippen LogP) is 2.31. The molecule has 2 aromatic rings. The summed E-state index contributed by atoms with van der Waals surface area (Å²) in [6.45, 7) is 0.200. The second-order valence-electron chi connectivity index (χ2n) is 3.14. The molecule has 0 saturated carbocycles. The molecule has 2 heterocycles. The van der Waals surface area contributed by atoms with Crippen molar-refractivity contribution in [3.63, 3.8) is 0 Å². The lowest BCUT2D eigenvalue weighted by molar-refractivity contribution is 0.0946. The number of hydrogen-bond donors (Lipinski definition) is 1. The number of carbonyl (C=O) groups excluding carboxylic acids is 1. The quantitative estimate of drug-likeness (QED) is 0.930. The van der Waals surface area contributed by atoms with E-state index in [1.807, 2.05) is 0 Å². The van der Waals surface area contributed by atoms with Crippen LogP contribution >= 0.6 is 23.2 Å². The van der Waals surface area contributed by atoms with E-state index < -0.39 is 0 Å². The fourth-order valence-electron chi connectivity index (χ4n) is 1.19. The van der Waals surface area contributed by atoms with Gasteiger partial charge in [0.2, 0.25) is 0 Å². The van der Waals surface area contributed by atoms with Crippen LogP contribution in [-0.2, 0) is 6.54 Å². The Morgan fingerprint density at radius 2 is 2.06 bits per heavy atom. The van der Waals surface area contributed by atoms with Crippen molar-refractivity contribution in [1.29, 1.82) is 0 Å². The molecule has 0 bridgehead atoms. The predicted molar refractivity (Wildman–Crippen MR) is 61.9 cm³/mol. The van der Waals surface area contributed by atoms with Gasteiger partial charge in [-0.25, -0.2) is 4.98 Å². The number of oxazole rings is 1. The van der Waals surface area contributed by atoms with Crippen LogP contribution in [0.15, 0.2) is 29.5 Å². The zero-order chi connectivity index (χ0) is 12.3. The van der Waals surface area contributed by atoms with Crippen LogP contribution in [0.5, 0.6) is 0 Å². The van der Waals surface area contributed by atoms with E-state index in [2.05, 4.69) is 15.3 Å². The van der Waals surface area contributed by atoms with Crippen molar-refractivity contribution in [2.45, 2.75) is 6.54 Å². The molecule has 0 radical (unpaired) electrons. The highest BCUT2D eigenvalue weighted by molar-refractivity contribution is 6.35. The molecule has 17 heavy (non-hydrogen) atoms. The van der Waals surface area contributed by atoms with Gasteiger partial charge in [-0.15, -0.1) is 0 Å². The first-order valence-corrected chi connectivity index (χ1v) is 5.38. The lowest BCUT2D eigenvalue weighted by atomic mass is 10.2. The number of amides is 1. The third kappa shape index (κ3) is 2.75. The summed E-state index contributed by atoms with van der Waals surface area (Å²) in [6, 6.07) is 0. The van der Waals surface area contributed by atoms with Crippen molar-refractivity contribution >= 4 is 29.1 Å². The van der Waals surface area contributed by atoms with Gasteiger partial charge in [-0.3, -0.25) is 9.78 Å². The molecule has 0 aromatic carbocycles. The second-order valence-corrected chi connectivity index (χ2v) is 3.95. The van der Waals surface area contributed by atoms with E-state index in [-0.39, 0.29) is 18.1 Å². The van der Waals surface area contributed by atoms with Crippen molar-refractivity contribution in [1.82, 2.24) is 15.3 Å². The zero-order valence-corrected chi connectivity index (χ0v) is 10.00. The minimum absolute atomic E-state index is 0.200. The fraction of sp³-hybridized carbons (Fsp3) is 0.100. The number of nitrogens with one attached hydrogen (secondary N) is 1. The standard InChI is InChI=1S/C10H7Cl2N3O2/c11-7-2-13-3-8(12)6(7)1-14-10(16)9-4-17-5-15-9/h2-5H,1H2,(H,14,16). The topological polar surface area (TPSA) is 68.0 Å². The summed E-state index contributed by atoms with van der Waals surface area (Å²) in [5, 5.41) is 3.43. The number of halogens is 2. The molecule has 0 unspecified atom stereocenters. The van der Waals surface area contributed by atoms with E-state index in [0.717, 1.165) is 0 Å². The van der Waals surface area contributed by atoms with E-state index in [1.54, 1.807) is 0 Å². The van der Waals surface area contributed by atoms with Crippen LogP contribution in [-0.4, -0.2) is 15.9 Å². The van der Waals surface area contributed by atoms with Crippen LogP contribution in [0.3, 0.4) is 0 Å². The van der Waals surface area contributed by atoms with Gasteiger partial charge < -0.3 is 9.73 Å². The highest BCUT2D eigenvalue weighted by Gasteiger charge is 2.11. The SMILES string of the molecule is O=C(NCc1c(Cl)cncc1Cl)c1cocn1. The summed E-state index contributed by atoms with van der Waals surface area (Å²) < 4.78 is 4.70. The van der Waals surface area contributed by atoms with E-state index in [0.29, 0.717) is 15.6 Å². The first-order chi connectivity index (χ1) is 8.18. The van der Waals surface area contributed by atoms with Crippen molar-refractivity contribution in [3.05, 3.63) is 46.4 Å². The van der Waals surface area contributed by atoms with E-state index >= 15 is 0 Å². The molecule has 0 aliphatic carbocycles. The highest BCUT2D eigenvalue weighted by atomic mass is 35.5. The molecule has 0 spiro atoms. The minimum atomic E-state index is -0.359. The Bertz CT molecular complexity index is 508. The average Bonchev–Trinajstić information content (AvgIpc) is 2.81. The summed E-state index contributed by atoms with van der Waals surface area (Å²) in [7, 11) is 0. The lowest BCUT2D eigenvalue weighted by Gasteiger charge is -2.06. The molecule has 0 aliphatic heterocycles. The first kappa shape index (κ1) is 11.9. The molecule has 0 saturated heterocycles. The van der Waals surface area contributed by atoms with Gasteiger partial charge >= 0.3 is 0 Å². The number of nitrogens with zero attached hydrogens (tertiary/aromatic N) is 2. The Labute approximate surface area is 107 Å². The minimum Gasteiger partial charge on any atom is -0.451 e. The van der Waals surface area contributed by atoms with Crippen molar-refractivity contribution in [2.75, 3.05) is 0 Å². The Morgan fingerprint density at radius 3 is 2.65 bits per heavy atom. The van der Waals surface area contributed by atoms with Gasteiger partial charge in [0.1, 0.15) is 6.26 Å². The summed E-state index contributed by atoms with van der Waals surface area (Å²) in [5.74, 6) is -0.359. The van der Waals surface area contributed by atoms with Gasteiger partial charge in [-0.05, 0) is 0 Å². The highest BCUT2D eigenvalue weighted by Crippen LogP contribution is 2.22. The van der Waals surface area contributed by atoms with Crippen molar-refractivity contribution < 1.29 is 9.21 Å². The molecule has 0 atom stereocenters. The number of pyridine rings is 1. The first-order valence-electron chi connectivity index (χ1n) is 4.62. The molecule has 0 fully saturated rings. The fourth-order valence-corrected chi connectivity index (χ4v) is 1.69. The molecule has 0 aliphatic rings. The van der Waals surface area contributed by atoms with Crippen molar-refractivity contribution in [3.8, 4) is 0 Å². The Kier molecular flexibility index (Phi) is 3.61. The maximum Gasteiger partial charge on any atom is 0.273 e. The van der Waals surface area contributed by atoms with Crippen LogP contribution in [0.1, 0.15) is 16.1 Å². The molecular weight excluding hydrogens is 265 g/mol. The summed E-state index contributed by atoms with van der Waals surface area (Å²) in [5.41, 5.74) is 0.812. The molecule has 1 N–H and O–H groups in total. The lowest BCUT2D eigenvalue weighted by Crippen LogP contribution is -2.23. The Morgan fingerprint density at radius 1 is 1.35 bits per heavy atom. The number of aromatic nitrogens is 2. The number of rotatable bonds is 3. The van der Waals surface area contributed by atoms with Crippen LogP contribution in [0.4, 0.5) is 0 Å². The van der Waals surface area contributed by atoms with Gasteiger partial charge in [-0.2, -0.15) is 0 Å². The van der Waals surface area contributed by atoms with E-state index in [1.165, 1.54) is 25.1 Å². The van der Waals surface area contributed by atoms with E-state index in [9.17, 15) is 4.79 Å². The molecule has 2 rings (SSSR count). The molecule has 5 nitrogen and oxygen atoms in total. The smallest absolute Gasteiger partial charge is 0.273 e. The Balaban J connectivity index is 2.06. The zero-order valence-electron chi connectivity index (χ0n) is 8.48. The number of hydrogen-bond acceptors (Lipinski definition) is 4. The molecule has 1 amide bonds. The van der Waals surface area contributed by atoms with Crippen molar-refractivity contribution in [2.24, 2.45) is 0 Å². The van der Waals surface area contributed by atoms with Crippen LogP contribution in [0, 0.1) is 0 Å². The largest absolute Gasteiger partial charge is 0.451 e. The van der Waals surface area contributed by atoms with Gasteiger partial charge in [0.15, 0.2) is 12.1 Å². The van der Waals surface area contributed by atoms with Gasteiger partial charge in [0.25, 0.3) is 5.91 Å². The molecule has 88 valence electrons. The summed E-state index contributed by atoms with van der Waals surface area (Å²) in [6.07, 6.45) is 5.36. The van der Waals surface area contributed by atoms with Crippen LogP contribution < -0.4 is 5.32 Å². The van der Waals surface area contributed by atoms with Gasteiger partial charge in [0.05, 0.1) is 10.0 Å². The summed E-state index contributed by atoms with van der Waals surface area (Å²) >= 11 is 11.8. The maximum absolute atomic E-state index is 11.6. The normalized spacial score (nSPS) is 10.2. The molecular formula is C10H7Cl2N3O2. The monoisotopic (exact) mass is 271 g/mol. The summed E-state index contributed by atoms with van der Waals surface area (Å²) in [4.78, 5) is 19.1. The van der Waals surface area contributed by atoms with Crippen LogP contribution in [0.2, 0.25) is 10.0 Å². The van der Waals surface area contributed by atoms with E-state index in [4.69, 9.17) is 27.6 Å². The van der Waals surface area contributed by atoms with Gasteiger partial charge in [0, 0.05) is 24.5 Å². The van der Waals surface area contributed by atoms with Crippen LogP contribution in [0.25, 0.3) is 0 Å².